The van der Waals surface area contributed by atoms with Crippen molar-refractivity contribution < 1.29 is 24.2 Å². The fraction of sp³-hybridized carbons (Fsp3) is 0.0833. The van der Waals surface area contributed by atoms with Gasteiger partial charge in [0.15, 0.2) is 0 Å². The average molecular weight is 234 g/mol. The van der Waals surface area contributed by atoms with Crippen LogP contribution < -0.4 is 4.74 Å². The van der Waals surface area contributed by atoms with Crippen LogP contribution in [0.3, 0.4) is 0 Å². The first-order chi connectivity index (χ1) is 8.04. The number of ketones is 2. The molecule has 0 saturated heterocycles. The Morgan fingerprint density at radius 3 is 2.18 bits per heavy atom. The Kier molecular flexibility index (Phi) is 4.16. The van der Waals surface area contributed by atoms with E-state index in [1.165, 1.54) is 19.2 Å². The molecular formula is C12H10O5. The normalized spacial score (nSPS) is 10.2. The quantitative estimate of drug-likeness (QED) is 0.468. The van der Waals surface area contributed by atoms with E-state index in [0.717, 1.165) is 6.08 Å². The van der Waals surface area contributed by atoms with Crippen molar-refractivity contribution in [2.24, 2.45) is 0 Å². The molecule has 1 N–H and O–H groups in total. The number of carbonyl (C=O) groups excluding carboxylic acids is 2. The molecule has 5 heteroatoms. The molecule has 17 heavy (non-hydrogen) atoms. The van der Waals surface area contributed by atoms with E-state index in [9.17, 15) is 14.4 Å². The summed E-state index contributed by atoms with van der Waals surface area (Å²) in [6.45, 7) is 0. The highest BCUT2D eigenvalue weighted by molar-refractivity contribution is 6.47. The first-order valence-corrected chi connectivity index (χ1v) is 4.68. The molecule has 0 saturated carbocycles. The molecule has 0 spiro atoms. The number of aliphatic carboxylic acids is 1. The van der Waals surface area contributed by atoms with Gasteiger partial charge in [-0.15, -0.1) is 0 Å². The van der Waals surface area contributed by atoms with Crippen molar-refractivity contribution in [2.45, 2.75) is 0 Å². The fourth-order valence-electron chi connectivity index (χ4n) is 1.11. The molecule has 0 amide bonds. The number of carbonyl (C=O) groups is 3. The zero-order chi connectivity index (χ0) is 12.8. The zero-order valence-corrected chi connectivity index (χ0v) is 9.04. The maximum Gasteiger partial charge on any atom is 0.328 e. The Morgan fingerprint density at radius 1 is 1.12 bits per heavy atom. The van der Waals surface area contributed by atoms with Crippen LogP contribution in [0.25, 0.3) is 0 Å². The average Bonchev–Trinajstić information content (AvgIpc) is 2.35. The molecule has 0 aromatic heterocycles. The molecule has 0 fully saturated rings. The summed E-state index contributed by atoms with van der Waals surface area (Å²) in [5.74, 6) is -2.35. The van der Waals surface area contributed by atoms with Gasteiger partial charge in [0, 0.05) is 11.6 Å². The van der Waals surface area contributed by atoms with Gasteiger partial charge in [-0.05, 0) is 30.3 Å². The second kappa shape index (κ2) is 5.60. The standard InChI is InChI=1S/C12H10O5/c1-17-9-4-2-8(3-5-9)12(16)10(13)6-7-11(14)15/h2-7H,1H3,(H,14,15)/b7-6+. The minimum atomic E-state index is -1.28. The second-order valence-electron chi connectivity index (χ2n) is 3.09. The van der Waals surface area contributed by atoms with Gasteiger partial charge in [0.1, 0.15) is 5.75 Å². The number of rotatable bonds is 5. The van der Waals surface area contributed by atoms with Crippen molar-refractivity contribution in [3.63, 3.8) is 0 Å². The zero-order valence-electron chi connectivity index (χ0n) is 9.04. The van der Waals surface area contributed by atoms with Gasteiger partial charge < -0.3 is 9.84 Å². The van der Waals surface area contributed by atoms with Crippen LogP contribution in [0.2, 0.25) is 0 Å². The third-order valence-electron chi connectivity index (χ3n) is 1.95. The lowest BCUT2D eigenvalue weighted by Gasteiger charge is -2.00. The molecule has 88 valence electrons. The van der Waals surface area contributed by atoms with Crippen molar-refractivity contribution in [1.29, 1.82) is 0 Å². The first-order valence-electron chi connectivity index (χ1n) is 4.68. The van der Waals surface area contributed by atoms with E-state index in [1.54, 1.807) is 12.1 Å². The summed E-state index contributed by atoms with van der Waals surface area (Å²) in [5.41, 5.74) is 0.186. The maximum atomic E-state index is 11.5. The van der Waals surface area contributed by atoms with E-state index in [-0.39, 0.29) is 5.56 Å². The van der Waals surface area contributed by atoms with Crippen molar-refractivity contribution >= 4 is 17.5 Å². The molecule has 0 radical (unpaired) electrons. The molecule has 0 unspecified atom stereocenters. The Bertz CT molecular complexity index is 470. The lowest BCUT2D eigenvalue weighted by molar-refractivity contribution is -0.131. The first kappa shape index (κ1) is 12.6. The Morgan fingerprint density at radius 2 is 1.71 bits per heavy atom. The molecule has 5 nitrogen and oxygen atoms in total. The molecule has 0 aliphatic heterocycles. The summed E-state index contributed by atoms with van der Waals surface area (Å²) >= 11 is 0. The number of carboxylic acid groups (broad SMARTS) is 1. The molecule has 0 heterocycles. The highest BCUT2D eigenvalue weighted by Crippen LogP contribution is 2.12. The van der Waals surface area contributed by atoms with Crippen molar-refractivity contribution in [2.75, 3.05) is 7.11 Å². The van der Waals surface area contributed by atoms with Gasteiger partial charge in [0.05, 0.1) is 7.11 Å². The van der Waals surface area contributed by atoms with Crippen LogP contribution in [-0.4, -0.2) is 29.8 Å². The topological polar surface area (TPSA) is 80.7 Å². The van der Waals surface area contributed by atoms with Crippen molar-refractivity contribution in [1.82, 2.24) is 0 Å². The molecule has 1 aromatic rings. The third-order valence-corrected chi connectivity index (χ3v) is 1.95. The predicted molar refractivity (Wildman–Crippen MR) is 59.1 cm³/mol. The SMILES string of the molecule is COc1ccc(C(=O)C(=O)/C=C/C(=O)O)cc1. The monoisotopic (exact) mass is 234 g/mol. The van der Waals surface area contributed by atoms with Gasteiger partial charge >= 0.3 is 5.97 Å². The summed E-state index contributed by atoms with van der Waals surface area (Å²) < 4.78 is 4.90. The molecular weight excluding hydrogens is 224 g/mol. The minimum Gasteiger partial charge on any atom is -0.497 e. The van der Waals surface area contributed by atoms with Gasteiger partial charge in [0.2, 0.25) is 11.6 Å². The highest BCUT2D eigenvalue weighted by Gasteiger charge is 2.13. The second-order valence-corrected chi connectivity index (χ2v) is 3.09. The maximum absolute atomic E-state index is 11.5. The van der Waals surface area contributed by atoms with E-state index in [0.29, 0.717) is 11.8 Å². The van der Waals surface area contributed by atoms with Gasteiger partial charge in [-0.1, -0.05) is 0 Å². The van der Waals surface area contributed by atoms with Crippen LogP contribution in [0, 0.1) is 0 Å². The van der Waals surface area contributed by atoms with Gasteiger partial charge in [-0.2, -0.15) is 0 Å². The fourth-order valence-corrected chi connectivity index (χ4v) is 1.11. The van der Waals surface area contributed by atoms with E-state index < -0.39 is 17.5 Å². The number of allylic oxidation sites excluding steroid dienone is 1. The molecule has 0 aliphatic rings. The molecule has 0 bridgehead atoms. The number of ether oxygens (including phenoxy) is 1. The van der Waals surface area contributed by atoms with Crippen LogP contribution in [0.15, 0.2) is 36.4 Å². The summed E-state index contributed by atoms with van der Waals surface area (Å²) in [6.07, 6.45) is 1.36. The number of benzene rings is 1. The lowest BCUT2D eigenvalue weighted by Crippen LogP contribution is -2.11. The van der Waals surface area contributed by atoms with Gasteiger partial charge in [0.25, 0.3) is 0 Å². The lowest BCUT2D eigenvalue weighted by atomic mass is 10.1. The number of hydrogen-bond acceptors (Lipinski definition) is 4. The molecule has 0 atom stereocenters. The van der Waals surface area contributed by atoms with Crippen LogP contribution in [-0.2, 0) is 9.59 Å². The van der Waals surface area contributed by atoms with E-state index in [1.807, 2.05) is 0 Å². The summed E-state index contributed by atoms with van der Waals surface area (Å²) in [6, 6.07) is 5.96. The third kappa shape index (κ3) is 3.57. The number of Topliss-reactive ketones (excluding diaryl/α,β-unsaturated/α-hetero) is 1. The van der Waals surface area contributed by atoms with Crippen molar-refractivity contribution in [3.05, 3.63) is 42.0 Å². The Balaban J connectivity index is 2.81. The van der Waals surface area contributed by atoms with E-state index >= 15 is 0 Å². The van der Waals surface area contributed by atoms with Crippen LogP contribution >= 0.6 is 0 Å². The summed E-state index contributed by atoms with van der Waals surface area (Å²) in [4.78, 5) is 33.0. The smallest absolute Gasteiger partial charge is 0.328 e. The number of hydrogen-bond donors (Lipinski definition) is 1. The Labute approximate surface area is 97.3 Å². The largest absolute Gasteiger partial charge is 0.497 e. The highest BCUT2D eigenvalue weighted by atomic mass is 16.5. The number of carboxylic acids is 1. The van der Waals surface area contributed by atoms with E-state index in [4.69, 9.17) is 9.84 Å². The Hall–Kier alpha value is -2.43. The van der Waals surface area contributed by atoms with Gasteiger partial charge in [-0.3, -0.25) is 9.59 Å². The van der Waals surface area contributed by atoms with Crippen LogP contribution in [0.5, 0.6) is 5.75 Å². The summed E-state index contributed by atoms with van der Waals surface area (Å²) in [7, 11) is 1.48. The summed E-state index contributed by atoms with van der Waals surface area (Å²) in [5, 5.41) is 8.32. The minimum absolute atomic E-state index is 0.186. The number of methoxy groups -OCH3 is 1. The van der Waals surface area contributed by atoms with Crippen molar-refractivity contribution in [3.8, 4) is 5.75 Å². The van der Waals surface area contributed by atoms with Gasteiger partial charge in [-0.25, -0.2) is 4.79 Å². The van der Waals surface area contributed by atoms with Crippen LogP contribution in [0.1, 0.15) is 10.4 Å². The molecule has 0 aliphatic carbocycles. The molecule has 1 aromatic carbocycles. The molecule has 1 rings (SSSR count). The van der Waals surface area contributed by atoms with Crippen LogP contribution in [0.4, 0.5) is 0 Å². The predicted octanol–water partition coefficient (Wildman–Crippen LogP) is 1.09. The van der Waals surface area contributed by atoms with E-state index in [2.05, 4.69) is 0 Å².